The molecule has 1 aliphatic heterocycles. The van der Waals surface area contributed by atoms with Crippen molar-refractivity contribution in [3.8, 4) is 11.4 Å². The van der Waals surface area contributed by atoms with Crippen molar-refractivity contribution in [2.24, 2.45) is 5.92 Å². The van der Waals surface area contributed by atoms with Gasteiger partial charge in [-0.15, -0.1) is 0 Å². The number of hydrogen-bond donors (Lipinski definition) is 1. The summed E-state index contributed by atoms with van der Waals surface area (Å²) in [6.07, 6.45) is 10.1. The maximum absolute atomic E-state index is 12.5. The summed E-state index contributed by atoms with van der Waals surface area (Å²) in [5.74, 6) is 3.20. The smallest absolute Gasteiger partial charge is 0.222 e. The van der Waals surface area contributed by atoms with Gasteiger partial charge in [0.05, 0.1) is 5.56 Å². The fraction of sp³-hybridized carbons (Fsp3) is 0.545. The summed E-state index contributed by atoms with van der Waals surface area (Å²) >= 11 is 0. The van der Waals surface area contributed by atoms with Crippen LogP contribution in [0.3, 0.4) is 0 Å². The van der Waals surface area contributed by atoms with Crippen LogP contribution in [0.1, 0.15) is 44.9 Å². The number of rotatable bonds is 6. The topological polar surface area (TPSA) is 102 Å². The number of imidazole rings is 1. The fourth-order valence-electron chi connectivity index (χ4n) is 4.29. The molecule has 1 saturated heterocycles. The van der Waals surface area contributed by atoms with E-state index in [0.717, 1.165) is 60.1 Å². The van der Waals surface area contributed by atoms with Crippen molar-refractivity contribution in [1.29, 1.82) is 0 Å². The molecule has 9 nitrogen and oxygen atoms in total. The SMILES string of the molecule is CCn1c(-c2cnc(C)nc2)nc2c(N[C@@H]3CCCC(=O)N(CC4CC4)C3)ncnc21. The van der Waals surface area contributed by atoms with Gasteiger partial charge < -0.3 is 14.8 Å². The van der Waals surface area contributed by atoms with Crippen LogP contribution in [0, 0.1) is 12.8 Å². The Kier molecular flexibility index (Phi) is 5.25. The highest BCUT2D eigenvalue weighted by Gasteiger charge is 2.30. The van der Waals surface area contributed by atoms with Gasteiger partial charge in [-0.3, -0.25) is 4.79 Å². The molecule has 2 aliphatic rings. The normalized spacial score (nSPS) is 19.6. The molecule has 1 atom stereocenters. The predicted octanol–water partition coefficient (Wildman–Crippen LogP) is 2.81. The second kappa shape index (κ2) is 8.20. The van der Waals surface area contributed by atoms with E-state index >= 15 is 0 Å². The second-order valence-corrected chi connectivity index (χ2v) is 8.57. The average Bonchev–Trinajstić information content (AvgIpc) is 3.53. The number of likely N-dealkylation sites (tertiary alicyclic amines) is 1. The molecule has 31 heavy (non-hydrogen) atoms. The third-order valence-electron chi connectivity index (χ3n) is 6.14. The Bertz CT molecular complexity index is 1090. The largest absolute Gasteiger partial charge is 0.364 e. The first-order valence-electron chi connectivity index (χ1n) is 11.2. The van der Waals surface area contributed by atoms with Crippen molar-refractivity contribution < 1.29 is 4.79 Å². The molecule has 1 aliphatic carbocycles. The van der Waals surface area contributed by atoms with E-state index in [0.29, 0.717) is 18.9 Å². The van der Waals surface area contributed by atoms with Crippen LogP contribution < -0.4 is 5.32 Å². The molecule has 3 aromatic heterocycles. The number of carbonyl (C=O) groups excluding carboxylic acids is 1. The maximum Gasteiger partial charge on any atom is 0.222 e. The lowest BCUT2D eigenvalue weighted by Gasteiger charge is -2.25. The first kappa shape index (κ1) is 19.8. The number of anilines is 1. The number of nitrogens with one attached hydrogen (secondary N) is 1. The van der Waals surface area contributed by atoms with Gasteiger partial charge in [-0.05, 0) is 45.4 Å². The third kappa shape index (κ3) is 4.08. The quantitative estimate of drug-likeness (QED) is 0.654. The molecule has 3 aromatic rings. The highest BCUT2D eigenvalue weighted by molar-refractivity contribution is 5.86. The number of fused-ring (bicyclic) bond motifs is 1. The molecule has 0 aromatic carbocycles. The minimum Gasteiger partial charge on any atom is -0.364 e. The van der Waals surface area contributed by atoms with Crippen molar-refractivity contribution in [3.63, 3.8) is 0 Å². The van der Waals surface area contributed by atoms with Gasteiger partial charge in [0.1, 0.15) is 18.0 Å². The van der Waals surface area contributed by atoms with Gasteiger partial charge in [0.25, 0.3) is 0 Å². The fourth-order valence-corrected chi connectivity index (χ4v) is 4.29. The van der Waals surface area contributed by atoms with Crippen LogP contribution in [0.5, 0.6) is 0 Å². The van der Waals surface area contributed by atoms with Crippen LogP contribution in [0.2, 0.25) is 0 Å². The number of aryl methyl sites for hydroxylation is 2. The number of aromatic nitrogens is 6. The van der Waals surface area contributed by atoms with Crippen LogP contribution in [0.25, 0.3) is 22.6 Å². The lowest BCUT2D eigenvalue weighted by atomic mass is 10.1. The molecule has 1 amide bonds. The second-order valence-electron chi connectivity index (χ2n) is 8.57. The van der Waals surface area contributed by atoms with Gasteiger partial charge in [0.15, 0.2) is 17.0 Å². The molecule has 0 unspecified atom stereocenters. The molecule has 4 heterocycles. The van der Waals surface area contributed by atoms with E-state index in [2.05, 4.69) is 36.7 Å². The summed E-state index contributed by atoms with van der Waals surface area (Å²) in [4.78, 5) is 37.1. The molecule has 1 saturated carbocycles. The summed E-state index contributed by atoms with van der Waals surface area (Å²) in [6.45, 7) is 6.26. The minimum absolute atomic E-state index is 0.154. The molecule has 0 bridgehead atoms. The molecular weight excluding hydrogens is 392 g/mol. The van der Waals surface area contributed by atoms with Gasteiger partial charge in [-0.2, -0.15) is 0 Å². The van der Waals surface area contributed by atoms with E-state index in [-0.39, 0.29) is 11.9 Å². The summed E-state index contributed by atoms with van der Waals surface area (Å²) in [5.41, 5.74) is 2.38. The van der Waals surface area contributed by atoms with Crippen molar-refractivity contribution in [1.82, 2.24) is 34.4 Å². The number of amides is 1. The Hall–Kier alpha value is -3.10. The standard InChI is InChI=1S/C22H28N8O/c1-3-30-21(16-9-23-14(2)24-10-16)28-19-20(25-13-26-22(19)30)27-17-5-4-6-18(31)29(12-17)11-15-7-8-15/h9-10,13,15,17H,3-8,11-12H2,1-2H3,(H,25,26,27)/t17-/m1/s1. The van der Waals surface area contributed by atoms with E-state index in [9.17, 15) is 4.79 Å². The lowest BCUT2D eigenvalue weighted by Crippen LogP contribution is -2.39. The lowest BCUT2D eigenvalue weighted by molar-refractivity contribution is -0.131. The first-order valence-corrected chi connectivity index (χ1v) is 11.2. The Morgan fingerprint density at radius 2 is 1.94 bits per heavy atom. The predicted molar refractivity (Wildman–Crippen MR) is 117 cm³/mol. The van der Waals surface area contributed by atoms with Crippen LogP contribution in [0.15, 0.2) is 18.7 Å². The molecular formula is C22H28N8O. The van der Waals surface area contributed by atoms with Crippen molar-refractivity contribution >= 4 is 22.9 Å². The van der Waals surface area contributed by atoms with E-state index in [1.807, 2.05) is 11.8 Å². The number of nitrogens with zero attached hydrogens (tertiary/aromatic N) is 7. The molecule has 0 spiro atoms. The molecule has 9 heteroatoms. The van der Waals surface area contributed by atoms with Gasteiger partial charge >= 0.3 is 0 Å². The molecule has 5 rings (SSSR count). The zero-order chi connectivity index (χ0) is 21.4. The highest BCUT2D eigenvalue weighted by Crippen LogP contribution is 2.31. The zero-order valence-electron chi connectivity index (χ0n) is 18.1. The Balaban J connectivity index is 1.45. The molecule has 1 N–H and O–H groups in total. The van der Waals surface area contributed by atoms with E-state index in [1.165, 1.54) is 12.8 Å². The monoisotopic (exact) mass is 420 g/mol. The Labute approximate surface area is 181 Å². The summed E-state index contributed by atoms with van der Waals surface area (Å²) in [5, 5.41) is 3.58. The number of hydrogen-bond acceptors (Lipinski definition) is 7. The minimum atomic E-state index is 0.154. The van der Waals surface area contributed by atoms with Crippen molar-refractivity contribution in [3.05, 3.63) is 24.5 Å². The van der Waals surface area contributed by atoms with E-state index in [4.69, 9.17) is 4.98 Å². The van der Waals surface area contributed by atoms with Crippen LogP contribution >= 0.6 is 0 Å². The van der Waals surface area contributed by atoms with E-state index in [1.54, 1.807) is 18.7 Å². The van der Waals surface area contributed by atoms with E-state index < -0.39 is 0 Å². The Morgan fingerprint density at radius 3 is 2.68 bits per heavy atom. The first-order chi connectivity index (χ1) is 15.1. The van der Waals surface area contributed by atoms with Gasteiger partial charge in [0, 0.05) is 44.5 Å². The van der Waals surface area contributed by atoms with Gasteiger partial charge in [-0.25, -0.2) is 24.9 Å². The molecule has 0 radical (unpaired) electrons. The van der Waals surface area contributed by atoms with Crippen LogP contribution in [-0.4, -0.2) is 59.4 Å². The maximum atomic E-state index is 12.5. The van der Waals surface area contributed by atoms with Crippen LogP contribution in [0.4, 0.5) is 5.82 Å². The average molecular weight is 421 g/mol. The van der Waals surface area contributed by atoms with Gasteiger partial charge in [-0.1, -0.05) is 0 Å². The zero-order valence-corrected chi connectivity index (χ0v) is 18.1. The Morgan fingerprint density at radius 1 is 1.13 bits per heavy atom. The summed E-state index contributed by atoms with van der Waals surface area (Å²) in [6, 6.07) is 0.154. The summed E-state index contributed by atoms with van der Waals surface area (Å²) < 4.78 is 2.06. The number of carbonyl (C=O) groups is 1. The molecule has 162 valence electrons. The van der Waals surface area contributed by atoms with Gasteiger partial charge in [0.2, 0.25) is 5.91 Å². The highest BCUT2D eigenvalue weighted by atomic mass is 16.2. The van der Waals surface area contributed by atoms with Crippen molar-refractivity contribution in [2.75, 3.05) is 18.4 Å². The summed E-state index contributed by atoms with van der Waals surface area (Å²) in [7, 11) is 0. The third-order valence-corrected chi connectivity index (χ3v) is 6.14. The van der Waals surface area contributed by atoms with Crippen molar-refractivity contribution in [2.45, 2.75) is 58.5 Å². The molecule has 2 fully saturated rings. The van der Waals surface area contributed by atoms with Crippen LogP contribution in [-0.2, 0) is 11.3 Å².